The predicted molar refractivity (Wildman–Crippen MR) is 196 cm³/mol. The molecule has 2 aliphatic rings. The summed E-state index contributed by atoms with van der Waals surface area (Å²) in [5, 5.41) is 4.62. The SMILES string of the molecule is N[C@H](Cc1ccccc1)c1ccc2c(c1)oc1c2cc2c3c1c1ccccc1n3-c1ccccc1C21c2ccccc2-c2ccccc21. The van der Waals surface area contributed by atoms with E-state index in [2.05, 4.69) is 150 Å². The standard InChI is InChI=1S/C45H30N2O/c46-38(24-27-12-2-1-3-13-27)28-22-23-31-33-26-37-43-42(44(33)48-41(31)25-28)32-16-6-10-20-39(32)47(43)40-21-11-9-19-36(40)45(37)34-17-7-4-14-29(34)30-15-5-8-18-35(30)45/h1-23,25-26,38H,24,46H2/t38-/m1/s1. The van der Waals surface area contributed by atoms with Gasteiger partial charge < -0.3 is 14.7 Å². The van der Waals surface area contributed by atoms with Gasteiger partial charge in [0.1, 0.15) is 11.2 Å². The van der Waals surface area contributed by atoms with Gasteiger partial charge in [-0.1, -0.05) is 127 Å². The van der Waals surface area contributed by atoms with E-state index in [-0.39, 0.29) is 6.04 Å². The van der Waals surface area contributed by atoms with Crippen LogP contribution in [0.3, 0.4) is 0 Å². The van der Waals surface area contributed by atoms with Gasteiger partial charge in [0, 0.05) is 22.2 Å². The van der Waals surface area contributed by atoms with Crippen LogP contribution < -0.4 is 5.73 Å². The quantitative estimate of drug-likeness (QED) is 0.215. The smallest absolute Gasteiger partial charge is 0.145 e. The van der Waals surface area contributed by atoms with Crippen LogP contribution in [0.1, 0.15) is 39.4 Å². The van der Waals surface area contributed by atoms with Crippen LogP contribution in [0, 0.1) is 0 Å². The summed E-state index contributed by atoms with van der Waals surface area (Å²) in [6, 6.07) is 55.2. The minimum absolute atomic E-state index is 0.131. The molecule has 1 aliphatic carbocycles. The van der Waals surface area contributed by atoms with Crippen LogP contribution in [-0.2, 0) is 11.8 Å². The Kier molecular flexibility index (Phi) is 5.10. The van der Waals surface area contributed by atoms with Gasteiger partial charge in [0.05, 0.1) is 27.5 Å². The molecule has 11 rings (SSSR count). The van der Waals surface area contributed by atoms with Crippen molar-refractivity contribution in [2.45, 2.75) is 17.9 Å². The van der Waals surface area contributed by atoms with Gasteiger partial charge in [-0.3, -0.25) is 0 Å². The maximum Gasteiger partial charge on any atom is 0.145 e. The highest BCUT2D eigenvalue weighted by Crippen LogP contribution is 2.62. The van der Waals surface area contributed by atoms with Crippen molar-refractivity contribution in [3.05, 3.63) is 185 Å². The number of nitrogens with two attached hydrogens (primary N) is 1. The second-order valence-corrected chi connectivity index (χ2v) is 13.4. The molecule has 1 aliphatic heterocycles. The molecule has 2 aromatic heterocycles. The molecule has 0 saturated heterocycles. The van der Waals surface area contributed by atoms with Crippen molar-refractivity contribution >= 4 is 43.7 Å². The third-order valence-corrected chi connectivity index (χ3v) is 11.0. The molecular formula is C45H30N2O. The molecule has 0 fully saturated rings. The van der Waals surface area contributed by atoms with Crippen LogP contribution in [-0.4, -0.2) is 4.57 Å². The first-order valence-electron chi connectivity index (χ1n) is 16.7. The summed E-state index contributed by atoms with van der Waals surface area (Å²) in [6.07, 6.45) is 0.772. The van der Waals surface area contributed by atoms with E-state index in [1.165, 1.54) is 66.4 Å². The molecule has 7 aromatic carbocycles. The topological polar surface area (TPSA) is 44.1 Å². The Morgan fingerprint density at radius 1 is 0.583 bits per heavy atom. The lowest BCUT2D eigenvalue weighted by Crippen LogP contribution is -2.33. The van der Waals surface area contributed by atoms with E-state index in [0.29, 0.717) is 0 Å². The number of benzene rings is 7. The van der Waals surface area contributed by atoms with E-state index in [0.717, 1.165) is 33.9 Å². The highest BCUT2D eigenvalue weighted by atomic mass is 16.3. The summed E-state index contributed by atoms with van der Waals surface area (Å²) >= 11 is 0. The van der Waals surface area contributed by atoms with Crippen LogP contribution >= 0.6 is 0 Å². The van der Waals surface area contributed by atoms with Crippen LogP contribution in [0.4, 0.5) is 0 Å². The number of nitrogens with zero attached hydrogens (tertiary/aromatic N) is 1. The van der Waals surface area contributed by atoms with E-state index in [4.69, 9.17) is 10.2 Å². The van der Waals surface area contributed by atoms with Crippen LogP contribution in [0.5, 0.6) is 0 Å². The predicted octanol–water partition coefficient (Wildman–Crippen LogP) is 10.6. The normalized spacial score (nSPS) is 14.5. The number of aromatic nitrogens is 1. The second kappa shape index (κ2) is 9.34. The van der Waals surface area contributed by atoms with E-state index < -0.39 is 5.41 Å². The molecule has 3 heteroatoms. The van der Waals surface area contributed by atoms with Gasteiger partial charge in [-0.05, 0) is 75.2 Å². The van der Waals surface area contributed by atoms with Gasteiger partial charge in [0.2, 0.25) is 0 Å². The monoisotopic (exact) mass is 614 g/mol. The summed E-state index contributed by atoms with van der Waals surface area (Å²) in [5.41, 5.74) is 21.9. The van der Waals surface area contributed by atoms with Crippen LogP contribution in [0.2, 0.25) is 0 Å². The number of furan rings is 1. The van der Waals surface area contributed by atoms with Crippen molar-refractivity contribution in [2.75, 3.05) is 0 Å². The lowest BCUT2D eigenvalue weighted by atomic mass is 9.65. The van der Waals surface area contributed by atoms with Gasteiger partial charge >= 0.3 is 0 Å². The fourth-order valence-corrected chi connectivity index (χ4v) is 9.10. The average molecular weight is 615 g/mol. The zero-order valence-corrected chi connectivity index (χ0v) is 26.2. The number of fused-ring (bicyclic) bond motifs is 16. The van der Waals surface area contributed by atoms with Crippen molar-refractivity contribution in [2.24, 2.45) is 5.73 Å². The van der Waals surface area contributed by atoms with Crippen molar-refractivity contribution in [3.8, 4) is 16.8 Å². The Morgan fingerprint density at radius 3 is 2.04 bits per heavy atom. The Bertz CT molecular complexity index is 2740. The molecule has 0 saturated carbocycles. The maximum absolute atomic E-state index is 6.96. The Labute approximate surface area is 277 Å². The molecule has 0 bridgehead atoms. The molecular weight excluding hydrogens is 585 g/mol. The van der Waals surface area contributed by atoms with E-state index >= 15 is 0 Å². The van der Waals surface area contributed by atoms with Gasteiger partial charge in [0.15, 0.2) is 0 Å². The molecule has 48 heavy (non-hydrogen) atoms. The minimum Gasteiger partial charge on any atom is -0.455 e. The van der Waals surface area contributed by atoms with Crippen molar-refractivity contribution < 1.29 is 4.42 Å². The fraction of sp³-hybridized carbons (Fsp3) is 0.0667. The average Bonchev–Trinajstić information content (AvgIpc) is 3.78. The largest absolute Gasteiger partial charge is 0.455 e. The molecule has 1 spiro atoms. The fourth-order valence-electron chi connectivity index (χ4n) is 9.10. The number of hydrogen-bond acceptors (Lipinski definition) is 2. The maximum atomic E-state index is 6.96. The molecule has 1 atom stereocenters. The molecule has 0 radical (unpaired) electrons. The summed E-state index contributed by atoms with van der Waals surface area (Å²) in [6.45, 7) is 0. The zero-order valence-electron chi connectivity index (χ0n) is 26.2. The zero-order chi connectivity index (χ0) is 31.6. The van der Waals surface area contributed by atoms with Crippen molar-refractivity contribution in [1.29, 1.82) is 0 Å². The Balaban J connectivity index is 1.28. The number of para-hydroxylation sites is 2. The summed E-state index contributed by atoms with van der Waals surface area (Å²) in [5.74, 6) is 0. The first kappa shape index (κ1) is 26.2. The summed E-state index contributed by atoms with van der Waals surface area (Å²) < 4.78 is 9.44. The van der Waals surface area contributed by atoms with Gasteiger partial charge in [-0.2, -0.15) is 0 Å². The van der Waals surface area contributed by atoms with Crippen LogP contribution in [0.25, 0.3) is 60.6 Å². The molecule has 2 N–H and O–H groups in total. The lowest BCUT2D eigenvalue weighted by Gasteiger charge is -2.39. The summed E-state index contributed by atoms with van der Waals surface area (Å²) in [4.78, 5) is 0. The first-order valence-corrected chi connectivity index (χ1v) is 16.7. The first-order chi connectivity index (χ1) is 23.7. The van der Waals surface area contributed by atoms with Crippen LogP contribution in [0.15, 0.2) is 156 Å². The van der Waals surface area contributed by atoms with E-state index in [9.17, 15) is 0 Å². The molecule has 0 unspecified atom stereocenters. The highest BCUT2D eigenvalue weighted by molar-refractivity contribution is 6.26. The lowest BCUT2D eigenvalue weighted by molar-refractivity contribution is 0.667. The molecule has 3 nitrogen and oxygen atoms in total. The molecule has 9 aromatic rings. The third-order valence-electron chi connectivity index (χ3n) is 11.0. The summed E-state index contributed by atoms with van der Waals surface area (Å²) in [7, 11) is 0. The Hall–Kier alpha value is -5.90. The van der Waals surface area contributed by atoms with Gasteiger partial charge in [-0.15, -0.1) is 0 Å². The minimum atomic E-state index is -0.484. The van der Waals surface area contributed by atoms with E-state index in [1.54, 1.807) is 0 Å². The Morgan fingerprint density at radius 2 is 1.25 bits per heavy atom. The second-order valence-electron chi connectivity index (χ2n) is 13.4. The van der Waals surface area contributed by atoms with Crippen molar-refractivity contribution in [1.82, 2.24) is 4.57 Å². The number of hydrogen-bond donors (Lipinski definition) is 1. The highest BCUT2D eigenvalue weighted by Gasteiger charge is 2.51. The van der Waals surface area contributed by atoms with Crippen molar-refractivity contribution in [3.63, 3.8) is 0 Å². The third kappa shape index (κ3) is 3.17. The van der Waals surface area contributed by atoms with E-state index in [1.807, 2.05) is 6.07 Å². The van der Waals surface area contributed by atoms with Gasteiger partial charge in [0.25, 0.3) is 0 Å². The molecule has 226 valence electrons. The molecule has 3 heterocycles. The number of rotatable bonds is 3. The molecule has 0 amide bonds. The van der Waals surface area contributed by atoms with Gasteiger partial charge in [-0.25, -0.2) is 0 Å².